The molecule has 0 aromatic carbocycles. The summed E-state index contributed by atoms with van der Waals surface area (Å²) in [6.45, 7) is 0. The fourth-order valence-electron chi connectivity index (χ4n) is 0.399. The zero-order chi connectivity index (χ0) is 6.85. The minimum absolute atomic E-state index is 0.260. The summed E-state index contributed by atoms with van der Waals surface area (Å²) in [5, 5.41) is 8.33. The van der Waals surface area contributed by atoms with Crippen LogP contribution in [0.3, 0.4) is 0 Å². The molecule has 0 atom stereocenters. The van der Waals surface area contributed by atoms with Crippen LogP contribution in [0.15, 0.2) is 15.7 Å². The van der Waals surface area contributed by atoms with Crippen molar-refractivity contribution in [2.24, 2.45) is 0 Å². The smallest absolute Gasteiger partial charge is 0.310 e. The van der Waals surface area contributed by atoms with Crippen molar-refractivity contribution < 1.29 is 5.11 Å². The molecule has 0 spiro atoms. The molecular weight excluding hydrogens is 142 g/mol. The third-order valence-corrected chi connectivity index (χ3v) is 1.29. The van der Waals surface area contributed by atoms with Gasteiger partial charge in [-0.05, 0) is 11.3 Å². The van der Waals surface area contributed by atoms with E-state index in [1.165, 1.54) is 0 Å². The maximum atomic E-state index is 10.3. The van der Waals surface area contributed by atoms with Crippen molar-refractivity contribution in [1.82, 2.24) is 4.98 Å². The van der Waals surface area contributed by atoms with Crippen LogP contribution < -0.4 is 10.4 Å². The van der Waals surface area contributed by atoms with Crippen LogP contribution in [-0.4, -0.2) is 10.1 Å². The fourth-order valence-corrected chi connectivity index (χ4v) is 0.906. The van der Waals surface area contributed by atoms with Crippen LogP contribution in [0, 0.1) is 0 Å². The van der Waals surface area contributed by atoms with E-state index in [0.717, 1.165) is 6.07 Å². The summed E-state index contributed by atoms with van der Waals surface area (Å²) in [5.41, 5.74) is -0.573. The van der Waals surface area contributed by atoms with Gasteiger partial charge in [-0.1, -0.05) is 0 Å². The Kier molecular flexibility index (Phi) is 1.35. The van der Waals surface area contributed by atoms with Gasteiger partial charge in [0.1, 0.15) is 0 Å². The lowest BCUT2D eigenvalue weighted by Crippen LogP contribution is -2.13. The molecular formula is C4H3NO3S. The van der Waals surface area contributed by atoms with Gasteiger partial charge in [0.2, 0.25) is 0 Å². The molecule has 0 amide bonds. The molecule has 0 saturated carbocycles. The van der Waals surface area contributed by atoms with E-state index >= 15 is 0 Å². The van der Waals surface area contributed by atoms with Crippen molar-refractivity contribution in [2.45, 2.75) is 0 Å². The molecule has 0 radical (unpaired) electrons. The van der Waals surface area contributed by atoms with Gasteiger partial charge >= 0.3 is 4.87 Å². The lowest BCUT2D eigenvalue weighted by Gasteiger charge is -1.81. The zero-order valence-corrected chi connectivity index (χ0v) is 5.07. The maximum absolute atomic E-state index is 10.3. The minimum atomic E-state index is -0.573. The fraction of sp³-hybridized carbons (Fsp3) is 0. The van der Waals surface area contributed by atoms with Crippen molar-refractivity contribution in [3.05, 3.63) is 26.1 Å². The van der Waals surface area contributed by atoms with Gasteiger partial charge in [0.25, 0.3) is 5.56 Å². The van der Waals surface area contributed by atoms with E-state index in [-0.39, 0.29) is 5.06 Å². The Morgan fingerprint density at radius 1 is 1.56 bits per heavy atom. The monoisotopic (exact) mass is 145 g/mol. The van der Waals surface area contributed by atoms with Gasteiger partial charge in [-0.15, -0.1) is 0 Å². The second-order valence-electron chi connectivity index (χ2n) is 1.36. The predicted octanol–water partition coefficient (Wildman–Crippen LogP) is -0.498. The number of rotatable bonds is 0. The molecule has 9 heavy (non-hydrogen) atoms. The van der Waals surface area contributed by atoms with Crippen LogP contribution in [0.2, 0.25) is 0 Å². The van der Waals surface area contributed by atoms with Gasteiger partial charge in [0.15, 0.2) is 5.06 Å². The lowest BCUT2D eigenvalue weighted by molar-refractivity contribution is 0.489. The largest absolute Gasteiger partial charge is 0.499 e. The first-order valence-electron chi connectivity index (χ1n) is 2.12. The molecule has 5 heteroatoms. The number of hydrogen-bond acceptors (Lipinski definition) is 4. The van der Waals surface area contributed by atoms with Crippen molar-refractivity contribution in [1.29, 1.82) is 0 Å². The SMILES string of the molecule is O=c1cc(O)sc(=O)[nH]1. The van der Waals surface area contributed by atoms with Gasteiger partial charge in [-0.2, -0.15) is 0 Å². The number of H-pyrrole nitrogens is 1. The van der Waals surface area contributed by atoms with Crippen LogP contribution in [0.5, 0.6) is 5.06 Å². The molecule has 0 saturated heterocycles. The standard InChI is InChI=1S/C4H3NO3S/c6-2-1-3(7)9-4(8)5-2/h1,7H,(H,5,6,8). The molecule has 1 aromatic heterocycles. The van der Waals surface area contributed by atoms with Crippen LogP contribution in [0.4, 0.5) is 0 Å². The summed E-state index contributed by atoms with van der Waals surface area (Å²) in [7, 11) is 0. The molecule has 1 rings (SSSR count). The Morgan fingerprint density at radius 2 is 2.22 bits per heavy atom. The van der Waals surface area contributed by atoms with Crippen molar-refractivity contribution >= 4 is 11.3 Å². The second-order valence-corrected chi connectivity index (χ2v) is 2.35. The molecule has 1 aromatic rings. The van der Waals surface area contributed by atoms with E-state index in [9.17, 15) is 9.59 Å². The molecule has 1 heterocycles. The minimum Gasteiger partial charge on any atom is -0.499 e. The summed E-state index contributed by atoms with van der Waals surface area (Å²) in [6.07, 6.45) is 0. The van der Waals surface area contributed by atoms with E-state index in [1.54, 1.807) is 0 Å². The predicted molar refractivity (Wildman–Crippen MR) is 32.9 cm³/mol. The average Bonchev–Trinajstić information content (AvgIpc) is 1.59. The topological polar surface area (TPSA) is 70.2 Å². The van der Waals surface area contributed by atoms with Crippen molar-refractivity contribution in [3.8, 4) is 5.06 Å². The summed E-state index contributed by atoms with van der Waals surface area (Å²) >= 11 is 0.591. The summed E-state index contributed by atoms with van der Waals surface area (Å²) in [5.74, 6) is 0. The molecule has 0 aliphatic heterocycles. The normalized spacial score (nSPS) is 9.33. The van der Waals surface area contributed by atoms with E-state index in [2.05, 4.69) is 0 Å². The maximum Gasteiger partial charge on any atom is 0.310 e. The Labute approximate surface area is 53.4 Å². The van der Waals surface area contributed by atoms with Crippen LogP contribution in [0.1, 0.15) is 0 Å². The number of aromatic nitrogens is 1. The number of aromatic hydroxyl groups is 1. The molecule has 48 valence electrons. The van der Waals surface area contributed by atoms with Crippen LogP contribution in [-0.2, 0) is 0 Å². The van der Waals surface area contributed by atoms with E-state index in [1.807, 2.05) is 4.98 Å². The van der Waals surface area contributed by atoms with E-state index < -0.39 is 10.4 Å². The average molecular weight is 145 g/mol. The van der Waals surface area contributed by atoms with Gasteiger partial charge in [-0.3, -0.25) is 14.6 Å². The first-order valence-corrected chi connectivity index (χ1v) is 2.93. The Morgan fingerprint density at radius 3 is 2.67 bits per heavy atom. The first-order chi connectivity index (χ1) is 4.18. The highest BCUT2D eigenvalue weighted by Crippen LogP contribution is 2.03. The van der Waals surface area contributed by atoms with Crippen molar-refractivity contribution in [2.75, 3.05) is 0 Å². The van der Waals surface area contributed by atoms with Gasteiger partial charge < -0.3 is 5.11 Å². The van der Waals surface area contributed by atoms with Gasteiger partial charge in [-0.25, -0.2) is 0 Å². The summed E-state index contributed by atoms with van der Waals surface area (Å²) in [6, 6.07) is 0.950. The molecule has 0 bridgehead atoms. The number of hydrogen-bond donors (Lipinski definition) is 2. The molecule has 0 aliphatic carbocycles. The number of nitrogens with one attached hydrogen (secondary N) is 1. The highest BCUT2D eigenvalue weighted by atomic mass is 32.1. The first kappa shape index (κ1) is 6.03. The highest BCUT2D eigenvalue weighted by Gasteiger charge is 1.90. The van der Waals surface area contributed by atoms with Crippen LogP contribution in [0.25, 0.3) is 0 Å². The summed E-state index contributed by atoms with van der Waals surface area (Å²) in [4.78, 5) is 22.0. The molecule has 4 nitrogen and oxygen atoms in total. The molecule has 2 N–H and O–H groups in total. The molecule has 0 aliphatic rings. The quantitative estimate of drug-likeness (QED) is 0.517. The third kappa shape index (κ3) is 1.39. The Balaban J connectivity index is 3.52. The van der Waals surface area contributed by atoms with E-state index in [4.69, 9.17) is 5.11 Å². The molecule has 0 fully saturated rings. The Bertz CT molecular complexity index is 284. The second kappa shape index (κ2) is 2.02. The highest BCUT2D eigenvalue weighted by molar-refractivity contribution is 7.10. The van der Waals surface area contributed by atoms with E-state index in [0.29, 0.717) is 11.3 Å². The Hall–Kier alpha value is -1.10. The summed E-state index contributed by atoms with van der Waals surface area (Å²) < 4.78 is 0. The van der Waals surface area contributed by atoms with Crippen molar-refractivity contribution in [3.63, 3.8) is 0 Å². The van der Waals surface area contributed by atoms with Gasteiger partial charge in [0.05, 0.1) is 6.07 Å². The third-order valence-electron chi connectivity index (χ3n) is 0.677. The van der Waals surface area contributed by atoms with Crippen LogP contribution >= 0.6 is 11.3 Å². The molecule has 0 unspecified atom stereocenters. The van der Waals surface area contributed by atoms with Gasteiger partial charge in [0, 0.05) is 0 Å². The lowest BCUT2D eigenvalue weighted by atomic mass is 10.7. The number of aromatic amines is 1. The zero-order valence-electron chi connectivity index (χ0n) is 4.25.